The summed E-state index contributed by atoms with van der Waals surface area (Å²) in [6.45, 7) is 3.56. The molecule has 1 aromatic rings. The Hall–Kier alpha value is -0.820. The molecule has 1 saturated heterocycles. The van der Waals surface area contributed by atoms with Crippen LogP contribution in [0.1, 0.15) is 32.6 Å². The van der Waals surface area contributed by atoms with E-state index in [4.69, 9.17) is 21.1 Å². The molecule has 124 valence electrons. The van der Waals surface area contributed by atoms with Crippen LogP contribution < -0.4 is 9.46 Å². The van der Waals surface area contributed by atoms with Gasteiger partial charge in [-0.3, -0.25) is 0 Å². The van der Waals surface area contributed by atoms with E-state index < -0.39 is 10.0 Å². The SMILES string of the molecule is CCCCOc1cc(S(=O)(=O)NC[C@H]2CCCO2)ccc1Cl. The van der Waals surface area contributed by atoms with Crippen molar-refractivity contribution < 1.29 is 17.9 Å². The number of hydrogen-bond acceptors (Lipinski definition) is 4. The minimum absolute atomic E-state index is 0.0395. The number of hydrogen-bond donors (Lipinski definition) is 1. The number of sulfonamides is 1. The molecule has 1 N–H and O–H groups in total. The van der Waals surface area contributed by atoms with Crippen molar-refractivity contribution in [1.82, 2.24) is 4.72 Å². The van der Waals surface area contributed by atoms with Crippen molar-refractivity contribution in [2.45, 2.75) is 43.6 Å². The standard InChI is InChI=1S/C15H22ClNO4S/c1-2-3-8-21-15-10-13(6-7-14(15)16)22(18,19)17-11-12-5-4-9-20-12/h6-7,10,12,17H,2-5,8-9,11H2,1H3/t12-/m1/s1. The summed E-state index contributed by atoms with van der Waals surface area (Å²) in [5.41, 5.74) is 0. The molecular weight excluding hydrogens is 326 g/mol. The predicted octanol–water partition coefficient (Wildman–Crippen LogP) is 2.98. The third kappa shape index (κ3) is 4.84. The van der Waals surface area contributed by atoms with Crippen LogP contribution in [0.3, 0.4) is 0 Å². The van der Waals surface area contributed by atoms with Crippen molar-refractivity contribution >= 4 is 21.6 Å². The molecule has 1 atom stereocenters. The van der Waals surface area contributed by atoms with Crippen LogP contribution in [0.5, 0.6) is 5.75 Å². The molecule has 7 heteroatoms. The van der Waals surface area contributed by atoms with Gasteiger partial charge in [-0.15, -0.1) is 0 Å². The summed E-state index contributed by atoms with van der Waals surface area (Å²) < 4.78 is 38.2. The van der Waals surface area contributed by atoms with Crippen molar-refractivity contribution in [1.29, 1.82) is 0 Å². The molecule has 5 nitrogen and oxygen atoms in total. The molecule has 0 amide bonds. The van der Waals surface area contributed by atoms with Crippen molar-refractivity contribution in [2.24, 2.45) is 0 Å². The van der Waals surface area contributed by atoms with Gasteiger partial charge in [0.05, 0.1) is 22.6 Å². The normalized spacial score (nSPS) is 18.5. The molecule has 0 bridgehead atoms. The maximum Gasteiger partial charge on any atom is 0.240 e. The zero-order chi connectivity index (χ0) is 16.0. The molecular formula is C15H22ClNO4S. The Balaban J connectivity index is 2.03. The molecule has 0 unspecified atom stereocenters. The highest BCUT2D eigenvalue weighted by atomic mass is 35.5. The van der Waals surface area contributed by atoms with Gasteiger partial charge in [-0.05, 0) is 31.4 Å². The van der Waals surface area contributed by atoms with Crippen LogP contribution in [0.25, 0.3) is 0 Å². The topological polar surface area (TPSA) is 64.6 Å². The van der Waals surface area contributed by atoms with Crippen molar-refractivity contribution in [3.63, 3.8) is 0 Å². The first-order valence-electron chi connectivity index (χ1n) is 7.56. The van der Waals surface area contributed by atoms with E-state index in [0.717, 1.165) is 25.7 Å². The Kier molecular flexibility index (Phi) is 6.50. The van der Waals surface area contributed by atoms with E-state index in [9.17, 15) is 8.42 Å². The van der Waals surface area contributed by atoms with Gasteiger partial charge in [0.2, 0.25) is 10.0 Å². The first-order valence-corrected chi connectivity index (χ1v) is 9.42. The molecule has 1 fully saturated rings. The maximum atomic E-state index is 12.3. The van der Waals surface area contributed by atoms with Crippen LogP contribution >= 0.6 is 11.6 Å². The summed E-state index contributed by atoms with van der Waals surface area (Å²) >= 11 is 6.05. The monoisotopic (exact) mass is 347 g/mol. The van der Waals surface area contributed by atoms with Gasteiger partial charge in [-0.25, -0.2) is 13.1 Å². The van der Waals surface area contributed by atoms with Crippen LogP contribution in [0, 0.1) is 0 Å². The minimum Gasteiger partial charge on any atom is -0.492 e. The minimum atomic E-state index is -3.59. The Labute approximate surface area is 137 Å². The summed E-state index contributed by atoms with van der Waals surface area (Å²) in [6, 6.07) is 4.49. The zero-order valence-corrected chi connectivity index (χ0v) is 14.3. The average molecular weight is 348 g/mol. The molecule has 0 radical (unpaired) electrons. The fourth-order valence-corrected chi connectivity index (χ4v) is 3.43. The maximum absolute atomic E-state index is 12.3. The number of rotatable bonds is 8. The average Bonchev–Trinajstić information content (AvgIpc) is 3.01. The van der Waals surface area contributed by atoms with E-state index >= 15 is 0 Å². The van der Waals surface area contributed by atoms with Crippen LogP contribution in [-0.4, -0.2) is 34.3 Å². The predicted molar refractivity (Wildman–Crippen MR) is 86.0 cm³/mol. The van der Waals surface area contributed by atoms with Gasteiger partial charge in [0, 0.05) is 19.2 Å². The number of benzene rings is 1. The van der Waals surface area contributed by atoms with Gasteiger partial charge in [-0.2, -0.15) is 0 Å². The second-order valence-electron chi connectivity index (χ2n) is 5.28. The first-order chi connectivity index (χ1) is 10.5. The molecule has 1 heterocycles. The Morgan fingerprint density at radius 1 is 1.45 bits per heavy atom. The molecule has 0 aromatic heterocycles. The van der Waals surface area contributed by atoms with E-state index in [2.05, 4.69) is 11.6 Å². The van der Waals surface area contributed by atoms with Gasteiger partial charge in [0.1, 0.15) is 5.75 Å². The number of ether oxygens (including phenoxy) is 2. The molecule has 1 aliphatic rings. The summed E-state index contributed by atoms with van der Waals surface area (Å²) in [5, 5.41) is 0.411. The van der Waals surface area contributed by atoms with E-state index in [1.54, 1.807) is 6.07 Å². The smallest absolute Gasteiger partial charge is 0.240 e. The lowest BCUT2D eigenvalue weighted by Gasteiger charge is -2.13. The van der Waals surface area contributed by atoms with E-state index in [0.29, 0.717) is 24.0 Å². The van der Waals surface area contributed by atoms with E-state index in [1.807, 2.05) is 0 Å². The molecule has 2 rings (SSSR count). The highest BCUT2D eigenvalue weighted by Crippen LogP contribution is 2.27. The molecule has 1 aliphatic heterocycles. The van der Waals surface area contributed by atoms with Gasteiger partial charge < -0.3 is 9.47 Å². The zero-order valence-electron chi connectivity index (χ0n) is 12.7. The molecule has 0 saturated carbocycles. The van der Waals surface area contributed by atoms with Crippen molar-refractivity contribution in [2.75, 3.05) is 19.8 Å². The molecule has 0 aliphatic carbocycles. The van der Waals surface area contributed by atoms with Crippen LogP contribution in [0.15, 0.2) is 23.1 Å². The molecule has 22 heavy (non-hydrogen) atoms. The lowest BCUT2D eigenvalue weighted by molar-refractivity contribution is 0.114. The molecule has 1 aromatic carbocycles. The van der Waals surface area contributed by atoms with Gasteiger partial charge in [0.25, 0.3) is 0 Å². The van der Waals surface area contributed by atoms with Gasteiger partial charge in [-0.1, -0.05) is 24.9 Å². The van der Waals surface area contributed by atoms with E-state index in [-0.39, 0.29) is 17.5 Å². The number of nitrogens with one attached hydrogen (secondary N) is 1. The number of unbranched alkanes of at least 4 members (excludes halogenated alkanes) is 1. The Bertz CT molecular complexity index is 585. The second kappa shape index (κ2) is 8.15. The summed E-state index contributed by atoms with van der Waals surface area (Å²) in [5.74, 6) is 0.398. The third-order valence-corrected chi connectivity index (χ3v) is 5.23. The van der Waals surface area contributed by atoms with Crippen LogP contribution in [-0.2, 0) is 14.8 Å². The van der Waals surface area contributed by atoms with Crippen molar-refractivity contribution in [3.8, 4) is 5.75 Å². The summed E-state index contributed by atoms with van der Waals surface area (Å²) in [7, 11) is -3.59. The Morgan fingerprint density at radius 2 is 2.27 bits per heavy atom. The fraction of sp³-hybridized carbons (Fsp3) is 0.600. The lowest BCUT2D eigenvalue weighted by atomic mass is 10.2. The third-order valence-electron chi connectivity index (χ3n) is 3.49. The summed E-state index contributed by atoms with van der Waals surface area (Å²) in [4.78, 5) is 0.154. The van der Waals surface area contributed by atoms with Gasteiger partial charge >= 0.3 is 0 Å². The molecule has 0 spiro atoms. The van der Waals surface area contributed by atoms with Gasteiger partial charge in [0.15, 0.2) is 0 Å². The second-order valence-corrected chi connectivity index (χ2v) is 7.46. The van der Waals surface area contributed by atoms with Crippen LogP contribution in [0.4, 0.5) is 0 Å². The van der Waals surface area contributed by atoms with Crippen LogP contribution in [0.2, 0.25) is 5.02 Å². The Morgan fingerprint density at radius 3 is 2.95 bits per heavy atom. The van der Waals surface area contributed by atoms with E-state index in [1.165, 1.54) is 12.1 Å². The summed E-state index contributed by atoms with van der Waals surface area (Å²) in [6.07, 6.45) is 3.71. The highest BCUT2D eigenvalue weighted by molar-refractivity contribution is 7.89. The quantitative estimate of drug-likeness (QED) is 0.734. The number of halogens is 1. The highest BCUT2D eigenvalue weighted by Gasteiger charge is 2.21. The largest absolute Gasteiger partial charge is 0.492 e. The van der Waals surface area contributed by atoms with Crippen molar-refractivity contribution in [3.05, 3.63) is 23.2 Å². The first kappa shape index (κ1) is 17.5. The fourth-order valence-electron chi connectivity index (χ4n) is 2.18. The lowest BCUT2D eigenvalue weighted by Crippen LogP contribution is -2.31.